The first kappa shape index (κ1) is 16.2. The highest BCUT2D eigenvalue weighted by molar-refractivity contribution is 5.77. The molecular formula is C20H17ClN2O. The normalized spacial score (nSPS) is 11.6. The van der Waals surface area contributed by atoms with E-state index >= 15 is 0 Å². The largest absolute Gasteiger partial charge is 1.00 e. The van der Waals surface area contributed by atoms with Crippen molar-refractivity contribution in [1.29, 1.82) is 0 Å². The summed E-state index contributed by atoms with van der Waals surface area (Å²) in [5, 5.41) is 3.16. The van der Waals surface area contributed by atoms with Gasteiger partial charge in [-0.25, -0.2) is 4.57 Å². The number of aromatic nitrogens is 1. The SMILES string of the molecule is CC[n+]1c(N=c2ccoc3ccccc23)ccc2ccccc21.[Cl-]. The van der Waals surface area contributed by atoms with Gasteiger partial charge in [0.2, 0.25) is 0 Å². The average molecular weight is 337 g/mol. The molecule has 4 rings (SSSR count). The van der Waals surface area contributed by atoms with Crippen molar-refractivity contribution in [1.82, 2.24) is 0 Å². The van der Waals surface area contributed by atoms with E-state index in [1.54, 1.807) is 6.26 Å². The molecular weight excluding hydrogens is 320 g/mol. The molecule has 2 aromatic heterocycles. The van der Waals surface area contributed by atoms with Crippen LogP contribution in [-0.4, -0.2) is 0 Å². The number of hydrogen-bond donors (Lipinski definition) is 0. The fourth-order valence-electron chi connectivity index (χ4n) is 2.95. The van der Waals surface area contributed by atoms with Crippen molar-refractivity contribution in [2.75, 3.05) is 0 Å². The van der Waals surface area contributed by atoms with Gasteiger partial charge in [-0.3, -0.25) is 0 Å². The second-order valence-corrected chi connectivity index (χ2v) is 5.41. The van der Waals surface area contributed by atoms with Gasteiger partial charge in [-0.1, -0.05) is 30.3 Å². The van der Waals surface area contributed by atoms with Crippen molar-refractivity contribution < 1.29 is 21.4 Å². The summed E-state index contributed by atoms with van der Waals surface area (Å²) in [4.78, 5) is 4.89. The van der Waals surface area contributed by atoms with Gasteiger partial charge in [-0.15, -0.1) is 0 Å². The monoisotopic (exact) mass is 336 g/mol. The number of halogens is 1. The highest BCUT2D eigenvalue weighted by Gasteiger charge is 2.12. The van der Waals surface area contributed by atoms with Crippen LogP contribution in [0.15, 0.2) is 82.4 Å². The van der Waals surface area contributed by atoms with Crippen LogP contribution in [0.25, 0.3) is 21.9 Å². The van der Waals surface area contributed by atoms with Crippen LogP contribution in [0.3, 0.4) is 0 Å². The van der Waals surface area contributed by atoms with E-state index in [4.69, 9.17) is 9.41 Å². The molecule has 0 saturated heterocycles. The van der Waals surface area contributed by atoms with Crippen LogP contribution in [0.2, 0.25) is 0 Å². The maximum absolute atomic E-state index is 5.55. The highest BCUT2D eigenvalue weighted by Crippen LogP contribution is 2.15. The van der Waals surface area contributed by atoms with Crippen molar-refractivity contribution in [2.45, 2.75) is 13.5 Å². The van der Waals surface area contributed by atoms with Gasteiger partial charge in [0.15, 0.2) is 5.36 Å². The Balaban J connectivity index is 0.00000169. The summed E-state index contributed by atoms with van der Waals surface area (Å²) < 4.78 is 7.78. The van der Waals surface area contributed by atoms with Crippen LogP contribution in [0, 0.1) is 0 Å². The molecule has 0 aliphatic rings. The molecule has 0 atom stereocenters. The summed E-state index contributed by atoms with van der Waals surface area (Å²) in [6.07, 6.45) is 1.69. The van der Waals surface area contributed by atoms with E-state index in [1.165, 1.54) is 10.9 Å². The number of hydrogen-bond acceptors (Lipinski definition) is 2. The third-order valence-electron chi connectivity index (χ3n) is 4.05. The minimum Gasteiger partial charge on any atom is -1.00 e. The molecule has 0 unspecified atom stereocenters. The van der Waals surface area contributed by atoms with E-state index in [9.17, 15) is 0 Å². The number of benzene rings is 2. The van der Waals surface area contributed by atoms with E-state index in [2.05, 4.69) is 47.9 Å². The van der Waals surface area contributed by atoms with Gasteiger partial charge in [0.1, 0.15) is 11.1 Å². The third-order valence-corrected chi connectivity index (χ3v) is 4.05. The molecule has 3 nitrogen and oxygen atoms in total. The summed E-state index contributed by atoms with van der Waals surface area (Å²) in [7, 11) is 0. The van der Waals surface area contributed by atoms with Gasteiger partial charge < -0.3 is 16.8 Å². The average Bonchev–Trinajstić information content (AvgIpc) is 2.62. The minimum absolute atomic E-state index is 0. The highest BCUT2D eigenvalue weighted by atomic mass is 35.5. The van der Waals surface area contributed by atoms with Gasteiger partial charge in [0.05, 0.1) is 18.2 Å². The first-order valence-electron chi connectivity index (χ1n) is 7.79. The Morgan fingerprint density at radius 3 is 2.58 bits per heavy atom. The van der Waals surface area contributed by atoms with Crippen molar-refractivity contribution in [2.24, 2.45) is 4.99 Å². The van der Waals surface area contributed by atoms with Gasteiger partial charge in [-0.05, 0) is 36.2 Å². The number of rotatable bonds is 2. The Kier molecular flexibility index (Phi) is 4.63. The Bertz CT molecular complexity index is 1060. The van der Waals surface area contributed by atoms with Crippen molar-refractivity contribution in [3.8, 4) is 0 Å². The zero-order valence-electron chi connectivity index (χ0n) is 13.3. The molecule has 0 fully saturated rings. The summed E-state index contributed by atoms with van der Waals surface area (Å²) in [5.41, 5.74) is 2.04. The van der Waals surface area contributed by atoms with E-state index in [1.807, 2.05) is 30.3 Å². The molecule has 0 radical (unpaired) electrons. The molecule has 0 spiro atoms. The van der Waals surface area contributed by atoms with Crippen molar-refractivity contribution in [3.63, 3.8) is 0 Å². The predicted octanol–water partition coefficient (Wildman–Crippen LogP) is 1.13. The molecule has 0 saturated carbocycles. The molecule has 0 amide bonds. The quantitative estimate of drug-likeness (QED) is 0.505. The summed E-state index contributed by atoms with van der Waals surface area (Å²) in [6.45, 7) is 3.01. The Labute approximate surface area is 146 Å². The Morgan fingerprint density at radius 2 is 1.71 bits per heavy atom. The lowest BCUT2D eigenvalue weighted by molar-refractivity contribution is -0.654. The fraction of sp³-hybridized carbons (Fsp3) is 0.100. The first-order chi connectivity index (χ1) is 11.4. The fourth-order valence-corrected chi connectivity index (χ4v) is 2.95. The summed E-state index contributed by atoms with van der Waals surface area (Å²) in [6, 6.07) is 22.5. The van der Waals surface area contributed by atoms with Crippen LogP contribution in [-0.2, 0) is 6.54 Å². The number of aryl methyl sites for hydroxylation is 1. The number of fused-ring (bicyclic) bond motifs is 2. The van der Waals surface area contributed by atoms with E-state index in [0.29, 0.717) is 0 Å². The van der Waals surface area contributed by atoms with Gasteiger partial charge in [0.25, 0.3) is 0 Å². The molecule has 2 aromatic carbocycles. The Hall–Kier alpha value is -2.65. The standard InChI is InChI=1S/C20H17N2O.ClH/c1-2-22-18-9-5-3-7-15(18)11-12-20(22)21-17-13-14-23-19-10-6-4-8-16(17)19;/h3-14H,2H2,1H3;1H/q+1;/p-1. The van der Waals surface area contributed by atoms with Crippen LogP contribution in [0.5, 0.6) is 0 Å². The topological polar surface area (TPSA) is 29.4 Å². The maximum atomic E-state index is 5.55. The van der Waals surface area contributed by atoms with Gasteiger partial charge >= 0.3 is 5.82 Å². The number of pyridine rings is 1. The minimum atomic E-state index is 0. The second kappa shape index (κ2) is 6.85. The maximum Gasteiger partial charge on any atom is 0.324 e. The van der Waals surface area contributed by atoms with Crippen molar-refractivity contribution in [3.05, 3.63) is 78.4 Å². The van der Waals surface area contributed by atoms with Crippen LogP contribution >= 0.6 is 0 Å². The van der Waals surface area contributed by atoms with E-state index in [0.717, 1.165) is 28.7 Å². The number of para-hydroxylation sites is 2. The summed E-state index contributed by atoms with van der Waals surface area (Å²) in [5.74, 6) is 0.947. The lowest BCUT2D eigenvalue weighted by atomic mass is 10.2. The van der Waals surface area contributed by atoms with Crippen LogP contribution in [0.4, 0.5) is 5.82 Å². The van der Waals surface area contributed by atoms with E-state index in [-0.39, 0.29) is 12.4 Å². The lowest BCUT2D eigenvalue weighted by Gasteiger charge is -2.03. The first-order valence-corrected chi connectivity index (χ1v) is 7.79. The molecule has 24 heavy (non-hydrogen) atoms. The van der Waals surface area contributed by atoms with E-state index < -0.39 is 0 Å². The zero-order chi connectivity index (χ0) is 15.6. The molecule has 0 aliphatic heterocycles. The third kappa shape index (κ3) is 2.79. The molecule has 2 heterocycles. The summed E-state index contributed by atoms with van der Waals surface area (Å²) >= 11 is 0. The molecule has 0 N–H and O–H groups in total. The van der Waals surface area contributed by atoms with Crippen molar-refractivity contribution >= 4 is 27.7 Å². The number of nitrogens with zero attached hydrogens (tertiary/aromatic N) is 2. The van der Waals surface area contributed by atoms with Crippen LogP contribution in [0.1, 0.15) is 6.92 Å². The second-order valence-electron chi connectivity index (χ2n) is 5.41. The zero-order valence-corrected chi connectivity index (χ0v) is 14.1. The predicted molar refractivity (Wildman–Crippen MR) is 91.3 cm³/mol. The lowest BCUT2D eigenvalue weighted by Crippen LogP contribution is -3.00. The van der Waals surface area contributed by atoms with Gasteiger partial charge in [-0.2, -0.15) is 0 Å². The van der Waals surface area contributed by atoms with Gasteiger partial charge in [0, 0.05) is 17.5 Å². The Morgan fingerprint density at radius 1 is 0.917 bits per heavy atom. The molecule has 0 bridgehead atoms. The molecule has 4 aromatic rings. The molecule has 4 heteroatoms. The van der Waals surface area contributed by atoms with Crippen LogP contribution < -0.4 is 22.3 Å². The molecule has 120 valence electrons. The molecule has 0 aliphatic carbocycles. The smallest absolute Gasteiger partial charge is 0.324 e.